The maximum Gasteiger partial charge on any atom is 0.295 e. The topological polar surface area (TPSA) is 104 Å². The van der Waals surface area contributed by atoms with Gasteiger partial charge in [-0.15, -0.1) is 0 Å². The predicted molar refractivity (Wildman–Crippen MR) is 116 cm³/mol. The van der Waals surface area contributed by atoms with E-state index in [4.69, 9.17) is 0 Å². The SMILES string of the molecule is CCN(CC)CCN1C(=O)C(=O)/C(=C(/O)c2ccc([N+](=O)[O-])cc2)[C@@H]1c1ccccc1. The maximum atomic E-state index is 12.9. The van der Waals surface area contributed by atoms with E-state index in [1.165, 1.54) is 29.2 Å². The number of aliphatic hydroxyl groups is 1. The molecule has 0 aliphatic carbocycles. The molecule has 1 aliphatic rings. The minimum atomic E-state index is -0.760. The fraction of sp³-hybridized carbons (Fsp3) is 0.304. The smallest absolute Gasteiger partial charge is 0.295 e. The van der Waals surface area contributed by atoms with Gasteiger partial charge >= 0.3 is 0 Å². The van der Waals surface area contributed by atoms with Crippen LogP contribution in [0.5, 0.6) is 0 Å². The van der Waals surface area contributed by atoms with E-state index in [-0.39, 0.29) is 22.6 Å². The van der Waals surface area contributed by atoms with Gasteiger partial charge in [-0.1, -0.05) is 44.2 Å². The van der Waals surface area contributed by atoms with Gasteiger partial charge in [0.2, 0.25) is 0 Å². The Bertz CT molecular complexity index is 998. The Labute approximate surface area is 180 Å². The second-order valence-corrected chi connectivity index (χ2v) is 7.23. The predicted octanol–water partition coefficient (Wildman–Crippen LogP) is 3.36. The molecule has 1 N–H and O–H groups in total. The summed E-state index contributed by atoms with van der Waals surface area (Å²) in [5.41, 5.74) is 0.818. The van der Waals surface area contributed by atoms with Crippen molar-refractivity contribution in [2.24, 2.45) is 0 Å². The summed E-state index contributed by atoms with van der Waals surface area (Å²) in [7, 11) is 0. The average Bonchev–Trinajstić information content (AvgIpc) is 3.05. The number of carbonyl (C=O) groups excluding carboxylic acids is 2. The van der Waals surface area contributed by atoms with Crippen molar-refractivity contribution in [2.75, 3.05) is 26.2 Å². The van der Waals surface area contributed by atoms with Gasteiger partial charge in [0.25, 0.3) is 17.4 Å². The number of amides is 1. The number of non-ortho nitro benzene ring substituents is 1. The molecule has 0 saturated carbocycles. The quantitative estimate of drug-likeness (QED) is 0.230. The Morgan fingerprint density at radius 1 is 1.06 bits per heavy atom. The number of likely N-dealkylation sites (N-methyl/N-ethyl adjacent to an activating group) is 1. The van der Waals surface area contributed by atoms with Crippen LogP contribution in [0.3, 0.4) is 0 Å². The summed E-state index contributed by atoms with van der Waals surface area (Å²) in [5, 5.41) is 21.9. The molecule has 1 atom stereocenters. The number of nitro groups is 1. The lowest BCUT2D eigenvalue weighted by atomic mass is 9.95. The molecule has 2 aromatic rings. The second kappa shape index (κ2) is 9.53. The lowest BCUT2D eigenvalue weighted by Gasteiger charge is -2.28. The summed E-state index contributed by atoms with van der Waals surface area (Å²) in [5.74, 6) is -1.76. The summed E-state index contributed by atoms with van der Waals surface area (Å²) >= 11 is 0. The van der Waals surface area contributed by atoms with Crippen LogP contribution >= 0.6 is 0 Å². The van der Waals surface area contributed by atoms with Gasteiger partial charge in [-0.05, 0) is 30.8 Å². The summed E-state index contributed by atoms with van der Waals surface area (Å²) in [6, 6.07) is 13.6. The number of benzene rings is 2. The van der Waals surface area contributed by atoms with E-state index < -0.39 is 22.7 Å². The van der Waals surface area contributed by atoms with Gasteiger partial charge in [-0.3, -0.25) is 19.7 Å². The first kappa shape index (κ1) is 22.2. The van der Waals surface area contributed by atoms with E-state index in [0.717, 1.165) is 13.1 Å². The van der Waals surface area contributed by atoms with Crippen molar-refractivity contribution in [1.82, 2.24) is 9.80 Å². The fourth-order valence-corrected chi connectivity index (χ4v) is 3.78. The number of rotatable bonds is 8. The first-order valence-electron chi connectivity index (χ1n) is 10.2. The fourth-order valence-electron chi connectivity index (χ4n) is 3.78. The number of likely N-dealkylation sites (tertiary alicyclic amines) is 1. The number of hydrogen-bond acceptors (Lipinski definition) is 6. The van der Waals surface area contributed by atoms with Gasteiger partial charge in [0.05, 0.1) is 16.5 Å². The highest BCUT2D eigenvalue weighted by Gasteiger charge is 2.45. The molecule has 0 bridgehead atoms. The zero-order chi connectivity index (χ0) is 22.5. The average molecular weight is 423 g/mol. The Hall–Kier alpha value is -3.52. The molecule has 8 heteroatoms. The molecular weight excluding hydrogens is 398 g/mol. The highest BCUT2D eigenvalue weighted by molar-refractivity contribution is 6.46. The third-order valence-corrected chi connectivity index (χ3v) is 5.56. The molecule has 0 radical (unpaired) electrons. The third-order valence-electron chi connectivity index (χ3n) is 5.56. The second-order valence-electron chi connectivity index (χ2n) is 7.23. The van der Waals surface area contributed by atoms with Gasteiger partial charge in [0.15, 0.2) is 0 Å². The lowest BCUT2D eigenvalue weighted by molar-refractivity contribution is -0.384. The minimum absolute atomic E-state index is 0.00963. The molecule has 1 saturated heterocycles. The highest BCUT2D eigenvalue weighted by atomic mass is 16.6. The first-order valence-corrected chi connectivity index (χ1v) is 10.2. The molecule has 2 aromatic carbocycles. The zero-order valence-electron chi connectivity index (χ0n) is 17.5. The van der Waals surface area contributed by atoms with Gasteiger partial charge in [0.1, 0.15) is 5.76 Å². The van der Waals surface area contributed by atoms with Crippen molar-refractivity contribution in [2.45, 2.75) is 19.9 Å². The van der Waals surface area contributed by atoms with Gasteiger partial charge in [-0.2, -0.15) is 0 Å². The molecule has 1 fully saturated rings. The number of nitrogens with zero attached hydrogens (tertiary/aromatic N) is 3. The number of carbonyl (C=O) groups is 2. The minimum Gasteiger partial charge on any atom is -0.507 e. The molecule has 0 spiro atoms. The van der Waals surface area contributed by atoms with Crippen molar-refractivity contribution >= 4 is 23.1 Å². The molecule has 0 aromatic heterocycles. The standard InChI is InChI=1S/C23H25N3O5/c1-3-24(4-2)14-15-25-20(16-8-6-5-7-9-16)19(22(28)23(25)29)21(27)17-10-12-18(13-11-17)26(30)31/h5-13,20,27H,3-4,14-15H2,1-2H3/b21-19+/t20-/m0/s1. The summed E-state index contributed by atoms with van der Waals surface area (Å²) < 4.78 is 0. The summed E-state index contributed by atoms with van der Waals surface area (Å²) in [4.78, 5) is 39.8. The maximum absolute atomic E-state index is 12.9. The monoisotopic (exact) mass is 423 g/mol. The lowest BCUT2D eigenvalue weighted by Crippen LogP contribution is -2.38. The third kappa shape index (κ3) is 4.49. The van der Waals surface area contributed by atoms with Crippen molar-refractivity contribution in [3.05, 3.63) is 81.4 Å². The molecule has 1 amide bonds. The van der Waals surface area contributed by atoms with Crippen LogP contribution in [0.2, 0.25) is 0 Å². The van der Waals surface area contributed by atoms with Crippen LogP contribution in [0, 0.1) is 10.1 Å². The van der Waals surface area contributed by atoms with Crippen LogP contribution in [0.15, 0.2) is 60.2 Å². The van der Waals surface area contributed by atoms with E-state index in [1.807, 2.05) is 44.2 Å². The van der Waals surface area contributed by atoms with Crippen LogP contribution in [-0.4, -0.2) is 57.7 Å². The van der Waals surface area contributed by atoms with Gasteiger partial charge in [-0.25, -0.2) is 0 Å². The Kier molecular flexibility index (Phi) is 6.81. The van der Waals surface area contributed by atoms with E-state index in [0.29, 0.717) is 18.7 Å². The summed E-state index contributed by atoms with van der Waals surface area (Å²) in [6.07, 6.45) is 0. The number of ketones is 1. The molecule has 1 aliphatic heterocycles. The molecule has 1 heterocycles. The van der Waals surface area contributed by atoms with Gasteiger partial charge in [0, 0.05) is 30.8 Å². The molecular formula is C23H25N3O5. The Morgan fingerprint density at radius 2 is 1.68 bits per heavy atom. The molecule has 8 nitrogen and oxygen atoms in total. The van der Waals surface area contributed by atoms with Crippen LogP contribution in [0.25, 0.3) is 5.76 Å². The van der Waals surface area contributed by atoms with Gasteiger partial charge < -0.3 is 14.9 Å². The summed E-state index contributed by atoms with van der Waals surface area (Å²) in [6.45, 7) is 6.63. The highest BCUT2D eigenvalue weighted by Crippen LogP contribution is 2.39. The van der Waals surface area contributed by atoms with E-state index in [2.05, 4.69) is 4.90 Å². The number of aliphatic hydroxyl groups excluding tert-OH is 1. The van der Waals surface area contributed by atoms with Crippen molar-refractivity contribution in [3.8, 4) is 0 Å². The Morgan fingerprint density at radius 3 is 2.23 bits per heavy atom. The van der Waals surface area contributed by atoms with Crippen molar-refractivity contribution in [1.29, 1.82) is 0 Å². The van der Waals surface area contributed by atoms with E-state index >= 15 is 0 Å². The molecule has 162 valence electrons. The molecule has 0 unspecified atom stereocenters. The first-order chi connectivity index (χ1) is 14.9. The number of hydrogen-bond donors (Lipinski definition) is 1. The van der Waals surface area contributed by atoms with Crippen LogP contribution in [0.4, 0.5) is 5.69 Å². The molecule has 3 rings (SSSR count). The largest absolute Gasteiger partial charge is 0.507 e. The normalized spacial score (nSPS) is 18.0. The van der Waals surface area contributed by atoms with Crippen LogP contribution < -0.4 is 0 Å². The van der Waals surface area contributed by atoms with Crippen molar-refractivity contribution in [3.63, 3.8) is 0 Å². The van der Waals surface area contributed by atoms with E-state index in [9.17, 15) is 24.8 Å². The van der Waals surface area contributed by atoms with Crippen LogP contribution in [0.1, 0.15) is 31.0 Å². The Balaban J connectivity index is 2.06. The van der Waals surface area contributed by atoms with Crippen LogP contribution in [-0.2, 0) is 9.59 Å². The van der Waals surface area contributed by atoms with Crippen molar-refractivity contribution < 1.29 is 19.6 Å². The molecule has 31 heavy (non-hydrogen) atoms. The number of Topliss-reactive ketones (excluding diaryl/α,β-unsaturated/α-hetero) is 1. The zero-order valence-corrected chi connectivity index (χ0v) is 17.5. The number of nitro benzene ring substituents is 1. The van der Waals surface area contributed by atoms with E-state index in [1.54, 1.807) is 0 Å².